The Kier molecular flexibility index (Phi) is 2.36. The molecule has 0 unspecified atom stereocenters. The van der Waals surface area contributed by atoms with Gasteiger partial charge in [0.1, 0.15) is 0 Å². The average molecular weight is 189 g/mol. The van der Waals surface area contributed by atoms with Gasteiger partial charge in [0, 0.05) is 12.1 Å². The summed E-state index contributed by atoms with van der Waals surface area (Å²) in [5.74, 6) is 0. The molecule has 14 heavy (non-hydrogen) atoms. The molecule has 0 bridgehead atoms. The summed E-state index contributed by atoms with van der Waals surface area (Å²) in [6, 6.07) is 6.55. The number of nitrogens with one attached hydrogen (secondary N) is 1. The lowest BCUT2D eigenvalue weighted by atomic mass is 10.0. The molecule has 76 valence electrons. The van der Waals surface area contributed by atoms with Crippen molar-refractivity contribution < 1.29 is 0 Å². The van der Waals surface area contributed by atoms with Crippen LogP contribution in [-0.4, -0.2) is 5.54 Å². The highest BCUT2D eigenvalue weighted by molar-refractivity contribution is 5.33. The molecule has 1 N–H and O–H groups in total. The second-order valence-electron chi connectivity index (χ2n) is 4.77. The maximum atomic E-state index is 3.62. The molecule has 1 fully saturated rings. The Morgan fingerprint density at radius 3 is 2.64 bits per heavy atom. The molecule has 1 saturated carbocycles. The lowest BCUT2D eigenvalue weighted by Gasteiger charge is -2.14. The van der Waals surface area contributed by atoms with Gasteiger partial charge in [-0.3, -0.25) is 0 Å². The molecule has 0 spiro atoms. The lowest BCUT2D eigenvalue weighted by Crippen LogP contribution is -2.27. The molecule has 2 rings (SSSR count). The van der Waals surface area contributed by atoms with Crippen molar-refractivity contribution >= 4 is 0 Å². The molecule has 0 heterocycles. The van der Waals surface area contributed by atoms with Gasteiger partial charge in [0.25, 0.3) is 0 Å². The Labute approximate surface area is 86.5 Å². The van der Waals surface area contributed by atoms with Crippen LogP contribution in [0.1, 0.15) is 36.5 Å². The standard InChI is InChI=1S/C13H19N/c1-10-5-4-6-12(11(10)2)9-14-13(3)7-8-13/h4-6,14H,7-9H2,1-3H3. The number of benzene rings is 1. The van der Waals surface area contributed by atoms with Crippen molar-refractivity contribution in [3.63, 3.8) is 0 Å². The Bertz CT molecular complexity index is 337. The van der Waals surface area contributed by atoms with Crippen LogP contribution in [0.15, 0.2) is 18.2 Å². The number of hydrogen-bond donors (Lipinski definition) is 1. The lowest BCUT2D eigenvalue weighted by molar-refractivity contribution is 0.536. The molecule has 1 aliphatic rings. The summed E-state index contributed by atoms with van der Waals surface area (Å²) >= 11 is 0. The molecule has 1 aromatic rings. The first-order valence-corrected chi connectivity index (χ1v) is 5.41. The molecule has 0 aromatic heterocycles. The van der Waals surface area contributed by atoms with E-state index in [-0.39, 0.29) is 0 Å². The number of hydrogen-bond acceptors (Lipinski definition) is 1. The van der Waals surface area contributed by atoms with E-state index in [1.807, 2.05) is 0 Å². The van der Waals surface area contributed by atoms with E-state index >= 15 is 0 Å². The van der Waals surface area contributed by atoms with Crippen LogP contribution in [0.5, 0.6) is 0 Å². The summed E-state index contributed by atoms with van der Waals surface area (Å²) in [4.78, 5) is 0. The van der Waals surface area contributed by atoms with E-state index in [1.165, 1.54) is 29.5 Å². The minimum atomic E-state index is 0.441. The van der Waals surface area contributed by atoms with Gasteiger partial charge in [0.2, 0.25) is 0 Å². The van der Waals surface area contributed by atoms with Gasteiger partial charge in [0.05, 0.1) is 0 Å². The van der Waals surface area contributed by atoms with Crippen LogP contribution in [0.25, 0.3) is 0 Å². The van der Waals surface area contributed by atoms with E-state index < -0.39 is 0 Å². The van der Waals surface area contributed by atoms with Crippen molar-refractivity contribution in [3.05, 3.63) is 34.9 Å². The van der Waals surface area contributed by atoms with Crippen LogP contribution in [0, 0.1) is 13.8 Å². The Hall–Kier alpha value is -0.820. The molecule has 0 atom stereocenters. The fourth-order valence-electron chi connectivity index (χ4n) is 1.68. The smallest absolute Gasteiger partial charge is 0.0213 e. The highest BCUT2D eigenvalue weighted by atomic mass is 15.0. The first-order valence-electron chi connectivity index (χ1n) is 5.41. The van der Waals surface area contributed by atoms with Crippen LogP contribution in [0.2, 0.25) is 0 Å². The summed E-state index contributed by atoms with van der Waals surface area (Å²) in [5.41, 5.74) is 4.71. The Morgan fingerprint density at radius 2 is 2.00 bits per heavy atom. The summed E-state index contributed by atoms with van der Waals surface area (Å²) in [6.45, 7) is 7.71. The minimum absolute atomic E-state index is 0.441. The molecular formula is C13H19N. The van der Waals surface area contributed by atoms with E-state index in [4.69, 9.17) is 0 Å². The van der Waals surface area contributed by atoms with Gasteiger partial charge in [-0.25, -0.2) is 0 Å². The molecule has 1 aliphatic carbocycles. The van der Waals surface area contributed by atoms with Crippen LogP contribution in [-0.2, 0) is 6.54 Å². The van der Waals surface area contributed by atoms with Gasteiger partial charge in [-0.2, -0.15) is 0 Å². The molecule has 0 saturated heterocycles. The first-order chi connectivity index (χ1) is 6.61. The van der Waals surface area contributed by atoms with Crippen molar-refractivity contribution in [1.82, 2.24) is 5.32 Å². The third kappa shape index (κ3) is 1.98. The van der Waals surface area contributed by atoms with Gasteiger partial charge < -0.3 is 5.32 Å². The zero-order valence-corrected chi connectivity index (χ0v) is 9.35. The van der Waals surface area contributed by atoms with Crippen molar-refractivity contribution in [1.29, 1.82) is 0 Å². The number of aryl methyl sites for hydroxylation is 1. The van der Waals surface area contributed by atoms with Crippen LogP contribution in [0.3, 0.4) is 0 Å². The molecule has 1 heteroatoms. The molecule has 1 nitrogen and oxygen atoms in total. The van der Waals surface area contributed by atoms with E-state index in [2.05, 4.69) is 44.3 Å². The van der Waals surface area contributed by atoms with Crippen molar-refractivity contribution in [2.75, 3.05) is 0 Å². The monoisotopic (exact) mass is 189 g/mol. The van der Waals surface area contributed by atoms with Crippen LogP contribution >= 0.6 is 0 Å². The van der Waals surface area contributed by atoms with E-state index in [0.29, 0.717) is 5.54 Å². The average Bonchev–Trinajstić information content (AvgIpc) is 2.88. The third-order valence-electron chi connectivity index (χ3n) is 3.42. The second kappa shape index (κ2) is 3.39. The fourth-order valence-corrected chi connectivity index (χ4v) is 1.68. The van der Waals surface area contributed by atoms with Gasteiger partial charge in [-0.15, -0.1) is 0 Å². The Morgan fingerprint density at radius 1 is 1.29 bits per heavy atom. The largest absolute Gasteiger partial charge is 0.307 e. The quantitative estimate of drug-likeness (QED) is 0.771. The highest BCUT2D eigenvalue weighted by Gasteiger charge is 2.36. The van der Waals surface area contributed by atoms with E-state index in [9.17, 15) is 0 Å². The predicted octanol–water partition coefficient (Wildman–Crippen LogP) is 2.95. The highest BCUT2D eigenvalue weighted by Crippen LogP contribution is 2.34. The summed E-state index contributed by atoms with van der Waals surface area (Å²) in [5, 5.41) is 3.62. The molecular weight excluding hydrogens is 170 g/mol. The van der Waals surface area contributed by atoms with Crippen molar-refractivity contribution in [2.24, 2.45) is 0 Å². The molecule has 0 amide bonds. The normalized spacial score (nSPS) is 18.2. The van der Waals surface area contributed by atoms with Crippen molar-refractivity contribution in [2.45, 2.75) is 45.7 Å². The summed E-state index contributed by atoms with van der Waals surface area (Å²) in [6.07, 6.45) is 2.66. The van der Waals surface area contributed by atoms with Gasteiger partial charge in [-0.1, -0.05) is 18.2 Å². The van der Waals surface area contributed by atoms with E-state index in [1.54, 1.807) is 0 Å². The van der Waals surface area contributed by atoms with Crippen LogP contribution in [0.4, 0.5) is 0 Å². The SMILES string of the molecule is Cc1cccc(CNC2(C)CC2)c1C. The predicted molar refractivity (Wildman–Crippen MR) is 60.4 cm³/mol. The van der Waals surface area contributed by atoms with Gasteiger partial charge in [-0.05, 0) is 50.3 Å². The fraction of sp³-hybridized carbons (Fsp3) is 0.538. The first kappa shape index (κ1) is 9.72. The third-order valence-corrected chi connectivity index (χ3v) is 3.42. The summed E-state index contributed by atoms with van der Waals surface area (Å²) in [7, 11) is 0. The van der Waals surface area contributed by atoms with Crippen LogP contribution < -0.4 is 5.32 Å². The zero-order valence-electron chi connectivity index (χ0n) is 9.35. The van der Waals surface area contributed by atoms with Gasteiger partial charge >= 0.3 is 0 Å². The maximum Gasteiger partial charge on any atom is 0.0213 e. The minimum Gasteiger partial charge on any atom is -0.307 e. The van der Waals surface area contributed by atoms with Gasteiger partial charge in [0.15, 0.2) is 0 Å². The summed E-state index contributed by atoms with van der Waals surface area (Å²) < 4.78 is 0. The molecule has 1 aromatic carbocycles. The molecule has 0 radical (unpaired) electrons. The zero-order chi connectivity index (χ0) is 10.2. The van der Waals surface area contributed by atoms with E-state index in [0.717, 1.165) is 6.54 Å². The number of rotatable bonds is 3. The topological polar surface area (TPSA) is 12.0 Å². The molecule has 0 aliphatic heterocycles. The maximum absolute atomic E-state index is 3.62. The second-order valence-corrected chi connectivity index (χ2v) is 4.77. The Balaban J connectivity index is 2.05. The van der Waals surface area contributed by atoms with Crippen molar-refractivity contribution in [3.8, 4) is 0 Å².